The van der Waals surface area contributed by atoms with Crippen molar-refractivity contribution in [3.63, 3.8) is 0 Å². The average molecular weight is 486 g/mol. The highest BCUT2D eigenvalue weighted by Gasteiger charge is 2.32. The maximum absolute atomic E-state index is 13.8. The number of nitrogens with zero attached hydrogens (tertiary/aromatic N) is 4. The molecule has 0 saturated heterocycles. The van der Waals surface area contributed by atoms with E-state index in [-0.39, 0.29) is 12.2 Å². The van der Waals surface area contributed by atoms with Crippen molar-refractivity contribution in [1.29, 1.82) is 5.26 Å². The zero-order chi connectivity index (χ0) is 25.0. The average Bonchev–Trinajstić information content (AvgIpc) is 3.40. The normalized spacial score (nSPS) is 12.3. The molecule has 3 heterocycles. The van der Waals surface area contributed by atoms with Gasteiger partial charge in [-0.1, -0.05) is 13.8 Å². The summed E-state index contributed by atoms with van der Waals surface area (Å²) in [5, 5.41) is 19.5. The summed E-state index contributed by atoms with van der Waals surface area (Å²) in [7, 11) is -2.46. The predicted octanol–water partition coefficient (Wildman–Crippen LogP) is 6.15. The van der Waals surface area contributed by atoms with Gasteiger partial charge in [0.1, 0.15) is 13.0 Å². The third kappa shape index (κ3) is 3.94. The molecule has 0 radical (unpaired) electrons. The molecule has 0 aliphatic heterocycles. The van der Waals surface area contributed by atoms with Crippen LogP contribution in [0.1, 0.15) is 26.0 Å². The van der Waals surface area contributed by atoms with Gasteiger partial charge in [0.05, 0.1) is 29.0 Å². The number of aromatic amines is 1. The lowest BCUT2D eigenvalue weighted by Gasteiger charge is -2.26. The fourth-order valence-corrected chi connectivity index (χ4v) is 5.39. The highest BCUT2D eigenvalue weighted by atomic mass is 31.2. The van der Waals surface area contributed by atoms with E-state index in [1.165, 1.54) is 12.1 Å². The Kier molecular flexibility index (Phi) is 5.38. The summed E-state index contributed by atoms with van der Waals surface area (Å²) >= 11 is 0. The van der Waals surface area contributed by atoms with Crippen molar-refractivity contribution in [3.8, 4) is 23.0 Å². The zero-order valence-corrected chi connectivity index (χ0v) is 20.9. The van der Waals surface area contributed by atoms with E-state index in [4.69, 9.17) is 4.98 Å². The Morgan fingerprint density at radius 3 is 2.49 bits per heavy atom. The Morgan fingerprint density at radius 2 is 1.86 bits per heavy atom. The second kappa shape index (κ2) is 8.18. The number of hydrogen-bond donors (Lipinski definition) is 1. The molecule has 0 saturated carbocycles. The van der Waals surface area contributed by atoms with Crippen LogP contribution in [-0.2, 0) is 9.98 Å². The lowest BCUT2D eigenvalue weighted by molar-refractivity contribution is 0.515. The minimum atomic E-state index is -2.46. The second-order valence-corrected chi connectivity index (χ2v) is 13.1. The first-order valence-corrected chi connectivity index (χ1v) is 13.9. The third-order valence-corrected chi connectivity index (χ3v) is 7.91. The van der Waals surface area contributed by atoms with E-state index in [0.717, 1.165) is 38.8 Å². The van der Waals surface area contributed by atoms with E-state index >= 15 is 0 Å². The van der Waals surface area contributed by atoms with Crippen LogP contribution in [0.4, 0.5) is 4.39 Å². The van der Waals surface area contributed by atoms with Crippen LogP contribution < -0.4 is 5.30 Å². The topological polar surface area (TPSA) is 87.4 Å². The number of nitriles is 1. The standard InChI is InChI=1S/C27H25FN5OP/c1-27(2,11-12-29)26-25(22-10-9-20(16-30-22)35(3,4)34)21-14-23-17(15-31-32-23)13-24(21)33(26)19-7-5-18(28)6-8-19/h5-10,13-16H,11H2,1-4H3,(H,31,32). The molecule has 0 bridgehead atoms. The summed E-state index contributed by atoms with van der Waals surface area (Å²) in [6.45, 7) is 7.51. The Hall–Kier alpha value is -3.75. The monoisotopic (exact) mass is 485 g/mol. The van der Waals surface area contributed by atoms with Gasteiger partial charge in [0, 0.05) is 51.1 Å². The molecule has 2 aromatic carbocycles. The van der Waals surface area contributed by atoms with Crippen LogP contribution in [0.3, 0.4) is 0 Å². The van der Waals surface area contributed by atoms with Crippen molar-refractivity contribution >= 4 is 34.3 Å². The molecule has 5 aromatic rings. The van der Waals surface area contributed by atoms with Gasteiger partial charge in [0.15, 0.2) is 0 Å². The first-order valence-electron chi connectivity index (χ1n) is 11.3. The zero-order valence-electron chi connectivity index (χ0n) is 20.0. The van der Waals surface area contributed by atoms with Gasteiger partial charge in [-0.25, -0.2) is 4.39 Å². The molecule has 8 heteroatoms. The highest BCUT2D eigenvalue weighted by Crippen LogP contribution is 2.45. The smallest absolute Gasteiger partial charge is 0.123 e. The summed E-state index contributed by atoms with van der Waals surface area (Å²) < 4.78 is 28.5. The van der Waals surface area contributed by atoms with E-state index in [1.807, 2.05) is 38.1 Å². The Balaban J connectivity index is 1.93. The van der Waals surface area contributed by atoms with E-state index in [0.29, 0.717) is 11.0 Å². The molecule has 35 heavy (non-hydrogen) atoms. The number of pyridine rings is 1. The molecule has 3 aromatic heterocycles. The van der Waals surface area contributed by atoms with Gasteiger partial charge in [-0.2, -0.15) is 10.4 Å². The van der Waals surface area contributed by atoms with Crippen molar-refractivity contribution in [2.75, 3.05) is 13.3 Å². The summed E-state index contributed by atoms with van der Waals surface area (Å²) in [6.07, 6.45) is 3.71. The number of nitrogens with one attached hydrogen (secondary N) is 1. The Bertz CT molecular complexity index is 1650. The van der Waals surface area contributed by atoms with E-state index < -0.39 is 12.6 Å². The molecular formula is C27H25FN5OP. The van der Waals surface area contributed by atoms with Gasteiger partial charge in [-0.05, 0) is 61.9 Å². The molecule has 0 fully saturated rings. The first kappa shape index (κ1) is 23.0. The number of aromatic nitrogens is 4. The number of hydrogen-bond acceptors (Lipinski definition) is 4. The quantitative estimate of drug-likeness (QED) is 0.303. The van der Waals surface area contributed by atoms with Crippen LogP contribution in [-0.4, -0.2) is 33.1 Å². The lowest BCUT2D eigenvalue weighted by Crippen LogP contribution is -2.22. The Labute approximate surface area is 202 Å². The summed E-state index contributed by atoms with van der Waals surface area (Å²) in [5.41, 5.74) is 4.51. The maximum Gasteiger partial charge on any atom is 0.123 e. The van der Waals surface area contributed by atoms with Crippen LogP contribution in [0.2, 0.25) is 0 Å². The van der Waals surface area contributed by atoms with Crippen molar-refractivity contribution < 1.29 is 8.96 Å². The van der Waals surface area contributed by atoms with Crippen LogP contribution in [0.15, 0.2) is 60.9 Å². The van der Waals surface area contributed by atoms with Crippen molar-refractivity contribution in [2.45, 2.75) is 25.7 Å². The molecule has 0 aliphatic rings. The highest BCUT2D eigenvalue weighted by molar-refractivity contribution is 7.70. The lowest BCUT2D eigenvalue weighted by atomic mass is 9.82. The molecule has 6 nitrogen and oxygen atoms in total. The minimum absolute atomic E-state index is 0.272. The first-order chi connectivity index (χ1) is 16.6. The fourth-order valence-electron chi connectivity index (χ4n) is 4.62. The van der Waals surface area contributed by atoms with Gasteiger partial charge >= 0.3 is 0 Å². The van der Waals surface area contributed by atoms with Crippen LogP contribution >= 0.6 is 7.14 Å². The SMILES string of the molecule is CC(C)(CC#N)c1c(-c2ccc(P(C)(C)=O)cn2)c2cc3[nH]ncc3cc2n1-c1ccc(F)cc1. The molecule has 5 rings (SSSR count). The number of benzene rings is 2. The van der Waals surface area contributed by atoms with Gasteiger partial charge in [0.25, 0.3) is 0 Å². The number of rotatable bonds is 5. The van der Waals surface area contributed by atoms with Crippen molar-refractivity contribution in [3.05, 3.63) is 72.4 Å². The molecule has 0 atom stereocenters. The van der Waals surface area contributed by atoms with Gasteiger partial charge in [0.2, 0.25) is 0 Å². The summed E-state index contributed by atoms with van der Waals surface area (Å²) in [6, 6.07) is 16.5. The Morgan fingerprint density at radius 1 is 1.11 bits per heavy atom. The maximum atomic E-state index is 13.8. The second-order valence-electron chi connectivity index (χ2n) is 9.83. The van der Waals surface area contributed by atoms with Crippen LogP contribution in [0.5, 0.6) is 0 Å². The van der Waals surface area contributed by atoms with Gasteiger partial charge < -0.3 is 9.13 Å². The molecule has 0 unspecified atom stereocenters. The number of H-pyrrole nitrogens is 1. The molecule has 0 spiro atoms. The minimum Gasteiger partial charge on any atom is -0.319 e. The molecule has 0 amide bonds. The van der Waals surface area contributed by atoms with Crippen molar-refractivity contribution in [2.24, 2.45) is 0 Å². The van der Waals surface area contributed by atoms with Gasteiger partial charge in [-0.15, -0.1) is 0 Å². The number of halogens is 1. The van der Waals surface area contributed by atoms with Crippen molar-refractivity contribution in [1.82, 2.24) is 19.7 Å². The van der Waals surface area contributed by atoms with E-state index in [2.05, 4.69) is 20.8 Å². The number of fused-ring (bicyclic) bond motifs is 2. The molecular weight excluding hydrogens is 460 g/mol. The van der Waals surface area contributed by atoms with E-state index in [1.54, 1.807) is 37.9 Å². The summed E-state index contributed by atoms with van der Waals surface area (Å²) in [4.78, 5) is 4.73. The van der Waals surface area contributed by atoms with Crippen LogP contribution in [0.25, 0.3) is 38.8 Å². The molecule has 176 valence electrons. The predicted molar refractivity (Wildman–Crippen MR) is 138 cm³/mol. The van der Waals surface area contributed by atoms with Gasteiger partial charge in [-0.3, -0.25) is 10.1 Å². The van der Waals surface area contributed by atoms with E-state index in [9.17, 15) is 14.2 Å². The molecule has 1 N–H and O–H groups in total. The van der Waals surface area contributed by atoms with Crippen LogP contribution in [0, 0.1) is 17.1 Å². The fraction of sp³-hybridized carbons (Fsp3) is 0.222. The third-order valence-electron chi connectivity index (χ3n) is 6.40. The molecule has 0 aliphatic carbocycles. The largest absolute Gasteiger partial charge is 0.319 e. The summed E-state index contributed by atoms with van der Waals surface area (Å²) in [5.74, 6) is -0.318.